The molecule has 0 saturated carbocycles. The molecule has 22 heavy (non-hydrogen) atoms. The molecule has 2 atom stereocenters. The molecule has 1 aromatic heterocycles. The zero-order chi connectivity index (χ0) is 15.5. The van der Waals surface area contributed by atoms with E-state index >= 15 is 0 Å². The number of aromatic amines is 1. The van der Waals surface area contributed by atoms with Crippen molar-refractivity contribution in [3.63, 3.8) is 0 Å². The Hall–Kier alpha value is -1.18. The highest BCUT2D eigenvalue weighted by Crippen LogP contribution is 2.22. The molecule has 1 amide bonds. The molecule has 2 heterocycles. The molecule has 1 aromatic rings. The molecule has 0 aromatic carbocycles. The van der Waals surface area contributed by atoms with Crippen molar-refractivity contribution in [2.45, 2.75) is 51.7 Å². The topological polar surface area (TPSA) is 97.1 Å². The van der Waals surface area contributed by atoms with Crippen molar-refractivity contribution < 1.29 is 9.53 Å². The monoisotopic (exact) mass is 331 g/mol. The van der Waals surface area contributed by atoms with Crippen LogP contribution in [0.4, 0.5) is 0 Å². The Morgan fingerprint density at radius 1 is 1.55 bits per heavy atom. The average Bonchev–Trinajstić information content (AvgIpc) is 2.95. The molecule has 7 nitrogen and oxygen atoms in total. The van der Waals surface area contributed by atoms with E-state index in [1.54, 1.807) is 11.8 Å². The number of hydrogen-bond acceptors (Lipinski definition) is 5. The van der Waals surface area contributed by atoms with Gasteiger partial charge in [0.25, 0.3) is 0 Å². The van der Waals surface area contributed by atoms with Crippen molar-refractivity contribution in [2.75, 3.05) is 19.7 Å². The second-order valence-electron chi connectivity index (χ2n) is 5.77. The van der Waals surface area contributed by atoms with Crippen LogP contribution in [0.3, 0.4) is 0 Å². The van der Waals surface area contributed by atoms with Gasteiger partial charge in [0.2, 0.25) is 5.91 Å². The zero-order valence-corrected chi connectivity index (χ0v) is 14.3. The first-order chi connectivity index (χ1) is 9.97. The molecule has 8 heteroatoms. The van der Waals surface area contributed by atoms with Gasteiger partial charge in [0.1, 0.15) is 11.9 Å². The summed E-state index contributed by atoms with van der Waals surface area (Å²) < 4.78 is 5.70. The summed E-state index contributed by atoms with van der Waals surface area (Å²) in [5, 5.41) is 7.05. The summed E-state index contributed by atoms with van der Waals surface area (Å²) >= 11 is 0. The first-order valence-corrected chi connectivity index (χ1v) is 7.59. The third-order valence-electron chi connectivity index (χ3n) is 3.78. The summed E-state index contributed by atoms with van der Waals surface area (Å²) in [6.45, 7) is 7.33. The number of hydrogen-bond donors (Lipinski definition) is 2. The van der Waals surface area contributed by atoms with Crippen LogP contribution < -0.4 is 5.73 Å². The van der Waals surface area contributed by atoms with Gasteiger partial charge in [-0.15, -0.1) is 12.4 Å². The number of carbonyl (C=O) groups is 1. The fraction of sp³-hybridized carbons (Fsp3) is 0.786. The second-order valence-corrected chi connectivity index (χ2v) is 5.77. The number of amides is 1. The Balaban J connectivity index is 0.00000242. The Morgan fingerprint density at radius 3 is 2.86 bits per heavy atom. The Bertz CT molecular complexity index is 491. The van der Waals surface area contributed by atoms with Crippen LogP contribution in [-0.4, -0.2) is 51.2 Å². The number of halogens is 1. The number of carbonyl (C=O) groups excluding carboxylic acids is 1. The number of aryl methyl sites for hydroxylation is 1. The molecule has 2 unspecified atom stereocenters. The first-order valence-electron chi connectivity index (χ1n) is 7.59. The molecule has 1 aliphatic heterocycles. The van der Waals surface area contributed by atoms with E-state index in [9.17, 15) is 4.79 Å². The average molecular weight is 332 g/mol. The van der Waals surface area contributed by atoms with E-state index in [-0.39, 0.29) is 24.4 Å². The molecule has 1 aliphatic rings. The summed E-state index contributed by atoms with van der Waals surface area (Å²) in [7, 11) is 0. The Labute approximate surface area is 137 Å². The van der Waals surface area contributed by atoms with Gasteiger partial charge in [-0.1, -0.05) is 20.3 Å². The van der Waals surface area contributed by atoms with E-state index in [0.29, 0.717) is 31.9 Å². The molecule has 0 spiro atoms. The summed E-state index contributed by atoms with van der Waals surface area (Å²) in [5.41, 5.74) is 5.33. The van der Waals surface area contributed by atoms with E-state index in [1.165, 1.54) is 0 Å². The molecule has 1 saturated heterocycles. The maximum absolute atomic E-state index is 12.5. The predicted octanol–water partition coefficient (Wildman–Crippen LogP) is 1.21. The zero-order valence-electron chi connectivity index (χ0n) is 13.5. The van der Waals surface area contributed by atoms with Gasteiger partial charge < -0.3 is 15.4 Å². The van der Waals surface area contributed by atoms with Crippen molar-refractivity contribution in [1.29, 1.82) is 0 Å². The fourth-order valence-corrected chi connectivity index (χ4v) is 2.59. The number of ether oxygens (including phenoxy) is 1. The van der Waals surface area contributed by atoms with Crippen molar-refractivity contribution in [3.8, 4) is 0 Å². The lowest BCUT2D eigenvalue weighted by molar-refractivity contribution is -0.144. The van der Waals surface area contributed by atoms with Gasteiger partial charge in [0.05, 0.1) is 18.7 Å². The van der Waals surface area contributed by atoms with Crippen LogP contribution in [0.1, 0.15) is 51.4 Å². The van der Waals surface area contributed by atoms with Gasteiger partial charge in [-0.05, 0) is 13.3 Å². The number of nitrogens with two attached hydrogens (primary N) is 1. The van der Waals surface area contributed by atoms with Gasteiger partial charge >= 0.3 is 0 Å². The summed E-state index contributed by atoms with van der Waals surface area (Å²) in [6, 6.07) is 0. The molecule has 0 aliphatic carbocycles. The van der Waals surface area contributed by atoms with Crippen molar-refractivity contribution in [2.24, 2.45) is 5.73 Å². The number of rotatable bonds is 5. The SMILES string of the molecule is CCCC(C)(N)C(=O)N1CCOC(c2n[nH]c(CC)n2)C1.Cl. The lowest BCUT2D eigenvalue weighted by Gasteiger charge is -2.36. The first kappa shape index (κ1) is 18.9. The molecule has 126 valence electrons. The highest BCUT2D eigenvalue weighted by atomic mass is 35.5. The van der Waals surface area contributed by atoms with Gasteiger partial charge in [-0.25, -0.2) is 4.98 Å². The molecular weight excluding hydrogens is 306 g/mol. The van der Waals surface area contributed by atoms with Gasteiger partial charge in [0.15, 0.2) is 5.82 Å². The molecule has 3 N–H and O–H groups in total. The summed E-state index contributed by atoms with van der Waals surface area (Å²) in [4.78, 5) is 18.7. The third kappa shape index (κ3) is 4.18. The van der Waals surface area contributed by atoms with E-state index in [0.717, 1.165) is 18.7 Å². The maximum Gasteiger partial charge on any atom is 0.242 e. The number of nitrogens with zero attached hydrogens (tertiary/aromatic N) is 3. The molecule has 2 rings (SSSR count). The summed E-state index contributed by atoms with van der Waals surface area (Å²) in [5.74, 6) is 1.41. The van der Waals surface area contributed by atoms with Crippen LogP contribution in [0, 0.1) is 0 Å². The highest BCUT2D eigenvalue weighted by Gasteiger charge is 2.35. The smallest absolute Gasteiger partial charge is 0.242 e. The Kier molecular flexibility index (Phi) is 6.77. The summed E-state index contributed by atoms with van der Waals surface area (Å²) in [6.07, 6.45) is 2.07. The quantitative estimate of drug-likeness (QED) is 0.845. The number of H-pyrrole nitrogens is 1. The minimum absolute atomic E-state index is 0. The lowest BCUT2D eigenvalue weighted by atomic mass is 9.95. The van der Waals surface area contributed by atoms with E-state index < -0.39 is 5.54 Å². The molecular formula is C14H26ClN5O2. The van der Waals surface area contributed by atoms with Crippen LogP contribution in [0.2, 0.25) is 0 Å². The standard InChI is InChI=1S/C14H25N5O2.ClH/c1-4-6-14(3,15)13(20)19-7-8-21-10(9-19)12-16-11(5-2)17-18-12;/h10H,4-9,15H2,1-3H3,(H,16,17,18);1H. The lowest BCUT2D eigenvalue weighted by Crippen LogP contribution is -2.56. The van der Waals surface area contributed by atoms with Crippen LogP contribution in [0.25, 0.3) is 0 Å². The minimum Gasteiger partial charge on any atom is -0.366 e. The predicted molar refractivity (Wildman–Crippen MR) is 85.8 cm³/mol. The van der Waals surface area contributed by atoms with Gasteiger partial charge in [-0.3, -0.25) is 9.89 Å². The van der Waals surface area contributed by atoms with Crippen LogP contribution >= 0.6 is 12.4 Å². The normalized spacial score (nSPS) is 21.1. The third-order valence-corrected chi connectivity index (χ3v) is 3.78. The van der Waals surface area contributed by atoms with Gasteiger partial charge in [0, 0.05) is 13.0 Å². The van der Waals surface area contributed by atoms with Crippen LogP contribution in [0.5, 0.6) is 0 Å². The van der Waals surface area contributed by atoms with Gasteiger partial charge in [-0.2, -0.15) is 5.10 Å². The van der Waals surface area contributed by atoms with Crippen LogP contribution in [-0.2, 0) is 16.0 Å². The van der Waals surface area contributed by atoms with E-state index in [1.807, 2.05) is 13.8 Å². The number of nitrogens with one attached hydrogen (secondary N) is 1. The Morgan fingerprint density at radius 2 is 2.27 bits per heavy atom. The fourth-order valence-electron chi connectivity index (χ4n) is 2.59. The van der Waals surface area contributed by atoms with Crippen molar-refractivity contribution in [1.82, 2.24) is 20.1 Å². The largest absolute Gasteiger partial charge is 0.366 e. The molecule has 1 fully saturated rings. The van der Waals surface area contributed by atoms with Crippen molar-refractivity contribution >= 4 is 18.3 Å². The van der Waals surface area contributed by atoms with E-state index in [2.05, 4.69) is 15.2 Å². The number of aromatic nitrogens is 3. The minimum atomic E-state index is -0.815. The van der Waals surface area contributed by atoms with E-state index in [4.69, 9.17) is 10.5 Å². The second kappa shape index (κ2) is 7.89. The maximum atomic E-state index is 12.5. The van der Waals surface area contributed by atoms with Crippen LogP contribution in [0.15, 0.2) is 0 Å². The molecule has 0 bridgehead atoms. The molecule has 0 radical (unpaired) electrons. The number of morpholine rings is 1. The van der Waals surface area contributed by atoms with Crippen molar-refractivity contribution in [3.05, 3.63) is 11.6 Å². The highest BCUT2D eigenvalue weighted by molar-refractivity contribution is 5.86.